The largest absolute Gasteiger partial charge is 0.310 e. The van der Waals surface area contributed by atoms with E-state index in [9.17, 15) is 0 Å². The smallest absolute Gasteiger partial charge is 0.0672 e. The van der Waals surface area contributed by atoms with Gasteiger partial charge in [0.05, 0.1) is 12.0 Å². The minimum atomic E-state index is 0.270. The summed E-state index contributed by atoms with van der Waals surface area (Å²) >= 11 is 0. The summed E-state index contributed by atoms with van der Waals surface area (Å²) in [5, 5.41) is 12.9. The van der Waals surface area contributed by atoms with E-state index < -0.39 is 0 Å². The monoisotopic (exact) mass is 206 g/mol. The highest BCUT2D eigenvalue weighted by Gasteiger charge is 2.30. The van der Waals surface area contributed by atoms with Crippen molar-refractivity contribution in [3.63, 3.8) is 0 Å². The average Bonchev–Trinajstić information content (AvgIpc) is 2.65. The molecule has 0 heterocycles. The summed E-state index contributed by atoms with van der Waals surface area (Å²) in [6.45, 7) is 2.34. The Bertz CT molecular complexity index is 243. The predicted octanol–water partition coefficient (Wildman–Crippen LogP) is 2.85. The van der Waals surface area contributed by atoms with Crippen LogP contribution in [-0.2, 0) is 0 Å². The Labute approximate surface area is 93.0 Å². The normalized spacial score (nSPS) is 41.3. The minimum absolute atomic E-state index is 0.270. The van der Waals surface area contributed by atoms with Gasteiger partial charge in [-0.15, -0.1) is 0 Å². The number of rotatable bonds is 2. The second kappa shape index (κ2) is 4.99. The fourth-order valence-electron chi connectivity index (χ4n) is 3.15. The first-order chi connectivity index (χ1) is 7.31. The van der Waals surface area contributed by atoms with E-state index >= 15 is 0 Å². The quantitative estimate of drug-likeness (QED) is 0.754. The Kier molecular flexibility index (Phi) is 3.64. The zero-order valence-electron chi connectivity index (χ0n) is 9.71. The highest BCUT2D eigenvalue weighted by Crippen LogP contribution is 2.29. The van der Waals surface area contributed by atoms with Gasteiger partial charge in [0, 0.05) is 12.1 Å². The first-order valence-corrected chi connectivity index (χ1v) is 6.47. The van der Waals surface area contributed by atoms with Crippen molar-refractivity contribution in [1.29, 1.82) is 5.26 Å². The molecule has 2 aliphatic carbocycles. The van der Waals surface area contributed by atoms with Crippen LogP contribution < -0.4 is 5.32 Å². The highest BCUT2D eigenvalue weighted by molar-refractivity contribution is 4.96. The van der Waals surface area contributed by atoms with Crippen molar-refractivity contribution in [3.8, 4) is 6.07 Å². The summed E-state index contributed by atoms with van der Waals surface area (Å²) in [6, 6.07) is 3.65. The molecule has 4 unspecified atom stereocenters. The van der Waals surface area contributed by atoms with Crippen LogP contribution in [0.1, 0.15) is 51.9 Å². The topological polar surface area (TPSA) is 35.8 Å². The van der Waals surface area contributed by atoms with E-state index in [1.54, 1.807) is 0 Å². The third kappa shape index (κ3) is 2.52. The summed E-state index contributed by atoms with van der Waals surface area (Å²) in [4.78, 5) is 0. The molecule has 0 aliphatic heterocycles. The summed E-state index contributed by atoms with van der Waals surface area (Å²) in [6.07, 6.45) is 8.91. The molecule has 84 valence electrons. The summed E-state index contributed by atoms with van der Waals surface area (Å²) in [7, 11) is 0. The molecule has 0 aromatic heterocycles. The SMILES string of the molecule is CC1CCCC1NC1CCCCC1C#N. The lowest BCUT2D eigenvalue weighted by molar-refractivity contribution is 0.267. The van der Waals surface area contributed by atoms with E-state index in [0.717, 1.165) is 12.3 Å². The molecule has 0 spiro atoms. The fourth-order valence-corrected chi connectivity index (χ4v) is 3.15. The maximum Gasteiger partial charge on any atom is 0.0672 e. The van der Waals surface area contributed by atoms with Gasteiger partial charge in [0.15, 0.2) is 0 Å². The van der Waals surface area contributed by atoms with Crippen LogP contribution in [-0.4, -0.2) is 12.1 Å². The molecule has 0 saturated heterocycles. The molecule has 2 nitrogen and oxygen atoms in total. The zero-order chi connectivity index (χ0) is 10.7. The van der Waals surface area contributed by atoms with Crippen molar-refractivity contribution in [2.75, 3.05) is 0 Å². The molecule has 2 saturated carbocycles. The molecule has 0 amide bonds. The second-order valence-corrected chi connectivity index (χ2v) is 5.31. The van der Waals surface area contributed by atoms with Gasteiger partial charge in [0.1, 0.15) is 0 Å². The maximum atomic E-state index is 9.11. The van der Waals surface area contributed by atoms with Gasteiger partial charge < -0.3 is 5.32 Å². The Hall–Kier alpha value is -0.550. The Morgan fingerprint density at radius 1 is 1.00 bits per heavy atom. The van der Waals surface area contributed by atoms with Crippen LogP contribution >= 0.6 is 0 Å². The fraction of sp³-hybridized carbons (Fsp3) is 0.923. The molecular formula is C13H22N2. The Morgan fingerprint density at radius 2 is 1.73 bits per heavy atom. The van der Waals surface area contributed by atoms with Crippen molar-refractivity contribution in [1.82, 2.24) is 5.32 Å². The molecule has 2 aliphatic rings. The van der Waals surface area contributed by atoms with Gasteiger partial charge in [-0.2, -0.15) is 5.26 Å². The lowest BCUT2D eigenvalue weighted by atomic mass is 9.84. The van der Waals surface area contributed by atoms with E-state index in [0.29, 0.717) is 12.1 Å². The van der Waals surface area contributed by atoms with Crippen molar-refractivity contribution >= 4 is 0 Å². The Morgan fingerprint density at radius 3 is 2.40 bits per heavy atom. The highest BCUT2D eigenvalue weighted by atomic mass is 15.0. The van der Waals surface area contributed by atoms with Gasteiger partial charge in [-0.05, 0) is 31.6 Å². The van der Waals surface area contributed by atoms with Gasteiger partial charge in [0.25, 0.3) is 0 Å². The van der Waals surface area contributed by atoms with Gasteiger partial charge in [0.2, 0.25) is 0 Å². The molecule has 15 heavy (non-hydrogen) atoms. The molecule has 2 rings (SSSR count). The van der Waals surface area contributed by atoms with Crippen LogP contribution in [0, 0.1) is 23.2 Å². The van der Waals surface area contributed by atoms with Crippen molar-refractivity contribution in [2.45, 2.75) is 64.0 Å². The Balaban J connectivity index is 1.89. The summed E-state index contributed by atoms with van der Waals surface area (Å²) < 4.78 is 0. The molecule has 2 fully saturated rings. The number of hydrogen-bond donors (Lipinski definition) is 1. The number of nitriles is 1. The third-order valence-electron chi connectivity index (χ3n) is 4.22. The van der Waals surface area contributed by atoms with Gasteiger partial charge >= 0.3 is 0 Å². The molecule has 0 aromatic carbocycles. The predicted molar refractivity (Wildman–Crippen MR) is 61.3 cm³/mol. The van der Waals surface area contributed by atoms with Crippen molar-refractivity contribution in [2.24, 2.45) is 11.8 Å². The molecule has 2 heteroatoms. The van der Waals surface area contributed by atoms with E-state index in [2.05, 4.69) is 18.3 Å². The zero-order valence-corrected chi connectivity index (χ0v) is 9.71. The van der Waals surface area contributed by atoms with Crippen LogP contribution in [0.15, 0.2) is 0 Å². The molecule has 0 bridgehead atoms. The number of nitrogens with one attached hydrogen (secondary N) is 1. The van der Waals surface area contributed by atoms with Gasteiger partial charge in [-0.3, -0.25) is 0 Å². The van der Waals surface area contributed by atoms with Crippen LogP contribution in [0.3, 0.4) is 0 Å². The van der Waals surface area contributed by atoms with Crippen LogP contribution in [0.25, 0.3) is 0 Å². The summed E-state index contributed by atoms with van der Waals surface area (Å²) in [5.74, 6) is 1.08. The van der Waals surface area contributed by atoms with E-state index in [1.807, 2.05) is 0 Å². The molecule has 1 N–H and O–H groups in total. The minimum Gasteiger partial charge on any atom is -0.310 e. The molecule has 0 aromatic rings. The van der Waals surface area contributed by atoms with E-state index in [-0.39, 0.29) is 5.92 Å². The first-order valence-electron chi connectivity index (χ1n) is 6.47. The van der Waals surface area contributed by atoms with Crippen LogP contribution in [0.5, 0.6) is 0 Å². The number of nitrogens with zero attached hydrogens (tertiary/aromatic N) is 1. The average molecular weight is 206 g/mol. The van der Waals surface area contributed by atoms with Crippen molar-refractivity contribution < 1.29 is 0 Å². The lowest BCUT2D eigenvalue weighted by Crippen LogP contribution is -2.45. The summed E-state index contributed by atoms with van der Waals surface area (Å²) in [5.41, 5.74) is 0. The molecule has 0 radical (unpaired) electrons. The van der Waals surface area contributed by atoms with Crippen molar-refractivity contribution in [3.05, 3.63) is 0 Å². The second-order valence-electron chi connectivity index (χ2n) is 5.31. The molecule has 4 atom stereocenters. The van der Waals surface area contributed by atoms with E-state index in [1.165, 1.54) is 38.5 Å². The standard InChI is InChI=1S/C13H22N2/c1-10-5-4-8-12(10)15-13-7-3-2-6-11(13)9-14/h10-13,15H,2-8H2,1H3. The van der Waals surface area contributed by atoms with E-state index in [4.69, 9.17) is 5.26 Å². The number of hydrogen-bond acceptors (Lipinski definition) is 2. The van der Waals surface area contributed by atoms with Gasteiger partial charge in [-0.25, -0.2) is 0 Å². The van der Waals surface area contributed by atoms with Crippen LogP contribution in [0.2, 0.25) is 0 Å². The maximum absolute atomic E-state index is 9.11. The lowest BCUT2D eigenvalue weighted by Gasteiger charge is -2.31. The first kappa shape index (κ1) is 11.0. The molecular weight excluding hydrogens is 184 g/mol. The third-order valence-corrected chi connectivity index (χ3v) is 4.22. The van der Waals surface area contributed by atoms with Crippen LogP contribution in [0.4, 0.5) is 0 Å². The van der Waals surface area contributed by atoms with Gasteiger partial charge in [-0.1, -0.05) is 26.2 Å².